The van der Waals surface area contributed by atoms with Gasteiger partial charge in [-0.1, -0.05) is 25.5 Å². The molecule has 0 saturated heterocycles. The highest BCUT2D eigenvalue weighted by molar-refractivity contribution is 5.69. The minimum atomic E-state index is -0.479. The van der Waals surface area contributed by atoms with E-state index in [-0.39, 0.29) is 12.1 Å². The quantitative estimate of drug-likeness (QED) is 0.563. The van der Waals surface area contributed by atoms with Crippen LogP contribution in [0.3, 0.4) is 0 Å². The summed E-state index contributed by atoms with van der Waals surface area (Å²) in [6, 6.07) is 0. The molecule has 15 heavy (non-hydrogen) atoms. The van der Waals surface area contributed by atoms with Gasteiger partial charge >= 0.3 is 5.97 Å². The number of allylic oxidation sites excluding steroid dienone is 1. The van der Waals surface area contributed by atoms with Crippen LogP contribution in [0.25, 0.3) is 0 Å². The molecule has 0 radical (unpaired) electrons. The normalized spacial score (nSPS) is 30.7. The molecule has 1 aliphatic rings. The molecule has 0 spiro atoms. The fourth-order valence-electron chi connectivity index (χ4n) is 1.76. The first kappa shape index (κ1) is 12.2. The standard InChI is InChI=1S/C12H20O3/c1-2-6-11-9-10(13)7-4-3-5-8-12(14)15-11/h4,7,10-11,13H,2-3,5-6,8-9H2,1H3/b7-4-. The van der Waals surface area contributed by atoms with E-state index >= 15 is 0 Å². The lowest BCUT2D eigenvalue weighted by molar-refractivity contribution is -0.150. The smallest absolute Gasteiger partial charge is 0.306 e. The minimum absolute atomic E-state index is 0.125. The summed E-state index contributed by atoms with van der Waals surface area (Å²) in [5.74, 6) is -0.129. The lowest BCUT2D eigenvalue weighted by atomic mass is 10.1. The lowest BCUT2D eigenvalue weighted by Crippen LogP contribution is -2.23. The number of carbonyl (C=O) groups excluding carboxylic acids is 1. The van der Waals surface area contributed by atoms with Crippen LogP contribution in [0, 0.1) is 0 Å². The second kappa shape index (κ2) is 6.62. The van der Waals surface area contributed by atoms with Crippen LogP contribution in [0.15, 0.2) is 12.2 Å². The van der Waals surface area contributed by atoms with Crippen LogP contribution in [0.5, 0.6) is 0 Å². The predicted octanol–water partition coefficient (Wildman–Crippen LogP) is 2.19. The molecule has 0 saturated carbocycles. The zero-order valence-corrected chi connectivity index (χ0v) is 9.32. The number of hydrogen-bond acceptors (Lipinski definition) is 3. The molecule has 1 heterocycles. The van der Waals surface area contributed by atoms with Gasteiger partial charge in [0.15, 0.2) is 0 Å². The molecule has 3 nitrogen and oxygen atoms in total. The van der Waals surface area contributed by atoms with Gasteiger partial charge in [-0.25, -0.2) is 0 Å². The van der Waals surface area contributed by atoms with E-state index in [9.17, 15) is 9.90 Å². The van der Waals surface area contributed by atoms with Gasteiger partial charge in [-0.15, -0.1) is 0 Å². The Morgan fingerprint density at radius 3 is 3.13 bits per heavy atom. The lowest BCUT2D eigenvalue weighted by Gasteiger charge is -2.20. The first-order chi connectivity index (χ1) is 7.22. The summed E-state index contributed by atoms with van der Waals surface area (Å²) in [4.78, 5) is 11.4. The Labute approximate surface area is 91.1 Å². The molecule has 2 unspecified atom stereocenters. The van der Waals surface area contributed by atoms with E-state index in [4.69, 9.17) is 4.74 Å². The third-order valence-corrected chi connectivity index (χ3v) is 2.52. The molecule has 0 aromatic heterocycles. The van der Waals surface area contributed by atoms with Crippen molar-refractivity contribution in [3.63, 3.8) is 0 Å². The van der Waals surface area contributed by atoms with Crippen LogP contribution in [-0.4, -0.2) is 23.3 Å². The van der Waals surface area contributed by atoms with E-state index in [0.29, 0.717) is 12.8 Å². The van der Waals surface area contributed by atoms with Crippen LogP contribution < -0.4 is 0 Å². The Morgan fingerprint density at radius 2 is 2.40 bits per heavy atom. The Kier molecular flexibility index (Phi) is 5.40. The Hall–Kier alpha value is -0.830. The average molecular weight is 212 g/mol. The number of cyclic esters (lactones) is 1. The fraction of sp³-hybridized carbons (Fsp3) is 0.750. The molecule has 0 aliphatic carbocycles. The Bertz CT molecular complexity index is 223. The molecule has 0 bridgehead atoms. The topological polar surface area (TPSA) is 46.5 Å². The minimum Gasteiger partial charge on any atom is -0.462 e. The van der Waals surface area contributed by atoms with E-state index in [0.717, 1.165) is 25.7 Å². The number of esters is 1. The monoisotopic (exact) mass is 212 g/mol. The third-order valence-electron chi connectivity index (χ3n) is 2.52. The van der Waals surface area contributed by atoms with Gasteiger partial charge in [0.2, 0.25) is 0 Å². The van der Waals surface area contributed by atoms with Gasteiger partial charge in [0.05, 0.1) is 6.10 Å². The van der Waals surface area contributed by atoms with Gasteiger partial charge in [0, 0.05) is 12.8 Å². The molecule has 0 aromatic rings. The van der Waals surface area contributed by atoms with Crippen molar-refractivity contribution in [2.75, 3.05) is 0 Å². The fourth-order valence-corrected chi connectivity index (χ4v) is 1.76. The molecule has 2 atom stereocenters. The SMILES string of the molecule is CCCC1CC(O)/C=C\CCCC(=O)O1. The van der Waals surface area contributed by atoms with Crippen molar-refractivity contribution in [3.8, 4) is 0 Å². The maximum atomic E-state index is 11.4. The van der Waals surface area contributed by atoms with Crippen LogP contribution in [0.2, 0.25) is 0 Å². The summed E-state index contributed by atoms with van der Waals surface area (Å²) in [6.45, 7) is 2.05. The van der Waals surface area contributed by atoms with Gasteiger partial charge in [0.1, 0.15) is 6.10 Å². The predicted molar refractivity (Wildman–Crippen MR) is 58.4 cm³/mol. The maximum absolute atomic E-state index is 11.4. The van der Waals surface area contributed by atoms with Crippen molar-refractivity contribution in [3.05, 3.63) is 12.2 Å². The molecule has 1 N–H and O–H groups in total. The molecular formula is C12H20O3. The molecule has 1 aliphatic heterocycles. The summed E-state index contributed by atoms with van der Waals surface area (Å²) >= 11 is 0. The number of aliphatic hydroxyl groups is 1. The van der Waals surface area contributed by atoms with Gasteiger partial charge in [0.25, 0.3) is 0 Å². The van der Waals surface area contributed by atoms with E-state index in [2.05, 4.69) is 6.92 Å². The molecule has 1 rings (SSSR count). The van der Waals surface area contributed by atoms with Crippen LogP contribution >= 0.6 is 0 Å². The maximum Gasteiger partial charge on any atom is 0.306 e. The second-order valence-electron chi connectivity index (χ2n) is 4.02. The summed E-state index contributed by atoms with van der Waals surface area (Å²) < 4.78 is 5.30. The molecule has 3 heteroatoms. The van der Waals surface area contributed by atoms with Crippen molar-refractivity contribution in [2.24, 2.45) is 0 Å². The van der Waals surface area contributed by atoms with Crippen molar-refractivity contribution < 1.29 is 14.6 Å². The number of ether oxygens (including phenoxy) is 1. The van der Waals surface area contributed by atoms with Crippen molar-refractivity contribution in [2.45, 2.75) is 57.7 Å². The molecule has 86 valence electrons. The average Bonchev–Trinajstić information content (AvgIpc) is 2.17. The number of rotatable bonds is 2. The van der Waals surface area contributed by atoms with Crippen LogP contribution in [0.1, 0.15) is 45.4 Å². The van der Waals surface area contributed by atoms with Gasteiger partial charge in [-0.05, 0) is 19.3 Å². The van der Waals surface area contributed by atoms with E-state index in [1.54, 1.807) is 0 Å². The van der Waals surface area contributed by atoms with Gasteiger partial charge in [-0.2, -0.15) is 0 Å². The second-order valence-corrected chi connectivity index (χ2v) is 4.02. The zero-order chi connectivity index (χ0) is 11.1. The van der Waals surface area contributed by atoms with E-state index < -0.39 is 6.10 Å². The highest BCUT2D eigenvalue weighted by Crippen LogP contribution is 2.14. The summed E-state index contributed by atoms with van der Waals surface area (Å²) in [5, 5.41) is 9.64. The van der Waals surface area contributed by atoms with Crippen LogP contribution in [-0.2, 0) is 9.53 Å². The largest absolute Gasteiger partial charge is 0.462 e. The van der Waals surface area contributed by atoms with Crippen molar-refractivity contribution in [1.29, 1.82) is 0 Å². The summed E-state index contributed by atoms with van der Waals surface area (Å²) in [7, 11) is 0. The highest BCUT2D eigenvalue weighted by atomic mass is 16.5. The first-order valence-corrected chi connectivity index (χ1v) is 5.76. The van der Waals surface area contributed by atoms with Crippen molar-refractivity contribution in [1.82, 2.24) is 0 Å². The number of carbonyl (C=O) groups is 1. The van der Waals surface area contributed by atoms with E-state index in [1.807, 2.05) is 12.2 Å². The van der Waals surface area contributed by atoms with Gasteiger partial charge in [-0.3, -0.25) is 4.79 Å². The molecule has 0 amide bonds. The van der Waals surface area contributed by atoms with Gasteiger partial charge < -0.3 is 9.84 Å². The highest BCUT2D eigenvalue weighted by Gasteiger charge is 2.17. The third kappa shape index (κ3) is 4.98. The Balaban J connectivity index is 2.55. The molecular weight excluding hydrogens is 192 g/mol. The Morgan fingerprint density at radius 1 is 1.60 bits per heavy atom. The molecule has 0 fully saturated rings. The zero-order valence-electron chi connectivity index (χ0n) is 9.32. The number of hydrogen-bond donors (Lipinski definition) is 1. The summed E-state index contributed by atoms with van der Waals surface area (Å²) in [5.41, 5.74) is 0. The van der Waals surface area contributed by atoms with Crippen LogP contribution in [0.4, 0.5) is 0 Å². The van der Waals surface area contributed by atoms with Crippen molar-refractivity contribution >= 4 is 5.97 Å². The summed E-state index contributed by atoms with van der Waals surface area (Å²) in [6.07, 6.45) is 7.61. The molecule has 0 aromatic carbocycles. The van der Waals surface area contributed by atoms with E-state index in [1.165, 1.54) is 0 Å². The first-order valence-electron chi connectivity index (χ1n) is 5.76. The number of aliphatic hydroxyl groups excluding tert-OH is 1.